The summed E-state index contributed by atoms with van der Waals surface area (Å²) in [6.45, 7) is 11.5. The SMILES string of the molecule is COc1ccc(Br)nc1CO.COc1ccc(Br)nc1CO[Si](C)(C)C(C)(C)C. The number of hydrogen-bond donors (Lipinski definition) is 1. The lowest BCUT2D eigenvalue weighted by Gasteiger charge is -2.36. The van der Waals surface area contributed by atoms with Crippen LogP contribution in [0.5, 0.6) is 11.5 Å². The zero-order valence-electron chi connectivity index (χ0n) is 18.0. The first-order chi connectivity index (χ1) is 13.4. The molecule has 0 spiro atoms. The third kappa shape index (κ3) is 7.97. The molecule has 0 unspecified atom stereocenters. The standard InChI is InChI=1S/C13H22BrNO2Si.C7H8BrNO2/c1-13(2,3)18(5,6)17-9-10-11(16-4)7-8-12(14)15-10;1-11-6-2-3-7(8)9-5(6)4-10/h7-8H,9H2,1-6H3;2-3,10H,4H2,1H3. The van der Waals surface area contributed by atoms with E-state index in [0.29, 0.717) is 22.7 Å². The molecule has 0 aromatic carbocycles. The second-order valence-electron chi connectivity index (χ2n) is 7.77. The minimum absolute atomic E-state index is 0.109. The molecule has 2 rings (SSSR count). The lowest BCUT2D eigenvalue weighted by Crippen LogP contribution is -2.40. The highest BCUT2D eigenvalue weighted by molar-refractivity contribution is 9.10. The van der Waals surface area contributed by atoms with Gasteiger partial charge in [0.15, 0.2) is 8.32 Å². The van der Waals surface area contributed by atoms with Crippen LogP contribution in [0.1, 0.15) is 32.2 Å². The van der Waals surface area contributed by atoms with Gasteiger partial charge in [-0.25, -0.2) is 9.97 Å². The van der Waals surface area contributed by atoms with E-state index in [2.05, 4.69) is 75.7 Å². The third-order valence-corrected chi connectivity index (χ3v) is 10.1. The Balaban J connectivity index is 0.000000326. The summed E-state index contributed by atoms with van der Waals surface area (Å²) < 4.78 is 17.9. The zero-order valence-corrected chi connectivity index (χ0v) is 22.2. The summed E-state index contributed by atoms with van der Waals surface area (Å²) in [4.78, 5) is 8.42. The Labute approximate surface area is 191 Å². The molecule has 0 aliphatic carbocycles. The van der Waals surface area contributed by atoms with Gasteiger partial charge < -0.3 is 19.0 Å². The summed E-state index contributed by atoms with van der Waals surface area (Å²) in [7, 11) is 1.45. The Kier molecular flexibility index (Phi) is 10.2. The van der Waals surface area contributed by atoms with Crippen LogP contribution in [0.25, 0.3) is 0 Å². The van der Waals surface area contributed by atoms with E-state index in [0.717, 1.165) is 16.0 Å². The van der Waals surface area contributed by atoms with Crippen molar-refractivity contribution in [3.8, 4) is 11.5 Å². The first kappa shape index (κ1) is 26.0. The van der Waals surface area contributed by atoms with Gasteiger partial charge in [0.2, 0.25) is 0 Å². The lowest BCUT2D eigenvalue weighted by atomic mass is 10.2. The molecule has 0 amide bonds. The van der Waals surface area contributed by atoms with Crippen LogP contribution >= 0.6 is 31.9 Å². The summed E-state index contributed by atoms with van der Waals surface area (Å²) in [6.07, 6.45) is 0. The molecule has 0 aliphatic heterocycles. The number of halogens is 2. The highest BCUT2D eigenvalue weighted by atomic mass is 79.9. The third-order valence-electron chi connectivity index (χ3n) is 4.76. The Morgan fingerprint density at radius 2 is 1.34 bits per heavy atom. The Morgan fingerprint density at radius 1 is 0.897 bits per heavy atom. The second kappa shape index (κ2) is 11.4. The van der Waals surface area contributed by atoms with Gasteiger partial charge in [-0.1, -0.05) is 20.8 Å². The largest absolute Gasteiger partial charge is 0.495 e. The van der Waals surface area contributed by atoms with Crippen molar-refractivity contribution < 1.29 is 19.0 Å². The van der Waals surface area contributed by atoms with Gasteiger partial charge in [0.1, 0.15) is 32.1 Å². The smallest absolute Gasteiger partial charge is 0.192 e. The van der Waals surface area contributed by atoms with Gasteiger partial charge in [0.05, 0.1) is 27.4 Å². The summed E-state index contributed by atoms with van der Waals surface area (Å²) >= 11 is 6.56. The van der Waals surface area contributed by atoms with E-state index in [-0.39, 0.29) is 11.6 Å². The summed E-state index contributed by atoms with van der Waals surface area (Å²) in [6, 6.07) is 7.29. The lowest BCUT2D eigenvalue weighted by molar-refractivity contribution is 0.264. The summed E-state index contributed by atoms with van der Waals surface area (Å²) in [5.74, 6) is 1.38. The van der Waals surface area contributed by atoms with Crippen molar-refractivity contribution in [3.05, 3.63) is 44.9 Å². The van der Waals surface area contributed by atoms with Gasteiger partial charge in [0.25, 0.3) is 0 Å². The molecule has 1 N–H and O–H groups in total. The minimum atomic E-state index is -1.75. The number of methoxy groups -OCH3 is 2. The molecule has 0 saturated carbocycles. The molecule has 0 atom stereocenters. The van der Waals surface area contributed by atoms with E-state index in [1.807, 2.05) is 12.1 Å². The molecular formula is C20H30Br2N2O4Si. The Hall–Kier alpha value is -1.00. The summed E-state index contributed by atoms with van der Waals surface area (Å²) in [5.41, 5.74) is 1.39. The number of hydrogen-bond acceptors (Lipinski definition) is 6. The fraction of sp³-hybridized carbons (Fsp3) is 0.500. The highest BCUT2D eigenvalue weighted by Crippen LogP contribution is 2.37. The Bertz CT molecular complexity index is 799. The van der Waals surface area contributed by atoms with Crippen molar-refractivity contribution in [1.29, 1.82) is 0 Å². The van der Waals surface area contributed by atoms with Gasteiger partial charge in [-0.3, -0.25) is 0 Å². The number of aliphatic hydroxyl groups excluding tert-OH is 1. The first-order valence-electron chi connectivity index (χ1n) is 9.08. The average Bonchev–Trinajstić information content (AvgIpc) is 2.66. The Morgan fingerprint density at radius 3 is 1.76 bits per heavy atom. The molecular weight excluding hydrogens is 520 g/mol. The molecule has 2 aromatic rings. The van der Waals surface area contributed by atoms with E-state index in [1.165, 1.54) is 0 Å². The van der Waals surface area contributed by atoms with Crippen molar-refractivity contribution in [1.82, 2.24) is 9.97 Å². The predicted molar refractivity (Wildman–Crippen MR) is 125 cm³/mol. The monoisotopic (exact) mass is 548 g/mol. The highest BCUT2D eigenvalue weighted by Gasteiger charge is 2.37. The molecule has 0 bridgehead atoms. The van der Waals surface area contributed by atoms with Crippen molar-refractivity contribution in [2.75, 3.05) is 14.2 Å². The normalized spacial score (nSPS) is 11.5. The number of aliphatic hydroxyl groups is 1. The van der Waals surface area contributed by atoms with E-state index < -0.39 is 8.32 Å². The van der Waals surface area contributed by atoms with Crippen LogP contribution in [0.2, 0.25) is 18.1 Å². The van der Waals surface area contributed by atoms with E-state index in [4.69, 9.17) is 19.0 Å². The molecule has 0 radical (unpaired) electrons. The van der Waals surface area contributed by atoms with Crippen molar-refractivity contribution in [3.63, 3.8) is 0 Å². The summed E-state index contributed by atoms with van der Waals surface area (Å²) in [5, 5.41) is 9.01. The first-order valence-corrected chi connectivity index (χ1v) is 13.6. The van der Waals surface area contributed by atoms with Crippen LogP contribution in [-0.4, -0.2) is 37.6 Å². The van der Waals surface area contributed by atoms with Crippen molar-refractivity contribution in [2.24, 2.45) is 0 Å². The van der Waals surface area contributed by atoms with Crippen molar-refractivity contribution in [2.45, 2.75) is 52.1 Å². The number of pyridine rings is 2. The fourth-order valence-electron chi connectivity index (χ4n) is 1.98. The number of ether oxygens (including phenoxy) is 2. The number of rotatable bonds is 6. The minimum Gasteiger partial charge on any atom is -0.495 e. The maximum Gasteiger partial charge on any atom is 0.192 e. The number of aromatic nitrogens is 2. The topological polar surface area (TPSA) is 73.7 Å². The van der Waals surface area contributed by atoms with Crippen LogP contribution in [0.4, 0.5) is 0 Å². The molecule has 29 heavy (non-hydrogen) atoms. The molecule has 0 aliphatic rings. The maximum atomic E-state index is 8.81. The molecule has 0 saturated heterocycles. The molecule has 2 heterocycles. The molecule has 2 aromatic heterocycles. The van der Waals surface area contributed by atoms with Gasteiger partial charge in [0, 0.05) is 0 Å². The zero-order chi connectivity index (χ0) is 22.2. The molecule has 162 valence electrons. The van der Waals surface area contributed by atoms with Gasteiger partial charge in [-0.2, -0.15) is 0 Å². The second-order valence-corrected chi connectivity index (χ2v) is 14.2. The van der Waals surface area contributed by atoms with Crippen LogP contribution < -0.4 is 9.47 Å². The van der Waals surface area contributed by atoms with E-state index in [1.54, 1.807) is 26.4 Å². The van der Waals surface area contributed by atoms with Crippen LogP contribution in [0, 0.1) is 0 Å². The van der Waals surface area contributed by atoms with Crippen LogP contribution in [-0.2, 0) is 17.6 Å². The van der Waals surface area contributed by atoms with Crippen LogP contribution in [0.3, 0.4) is 0 Å². The predicted octanol–water partition coefficient (Wildman–Crippen LogP) is 5.72. The fourth-order valence-corrected chi connectivity index (χ4v) is 3.60. The van der Waals surface area contributed by atoms with E-state index in [9.17, 15) is 0 Å². The van der Waals surface area contributed by atoms with Gasteiger partial charge >= 0.3 is 0 Å². The molecule has 0 fully saturated rings. The quantitative estimate of drug-likeness (QED) is 0.367. The molecule has 9 heteroatoms. The average molecular weight is 550 g/mol. The number of nitrogens with zero attached hydrogens (tertiary/aromatic N) is 2. The van der Waals surface area contributed by atoms with E-state index >= 15 is 0 Å². The maximum absolute atomic E-state index is 8.81. The van der Waals surface area contributed by atoms with Gasteiger partial charge in [-0.05, 0) is 74.3 Å². The van der Waals surface area contributed by atoms with Crippen molar-refractivity contribution >= 4 is 40.2 Å². The van der Waals surface area contributed by atoms with Gasteiger partial charge in [-0.15, -0.1) is 0 Å². The van der Waals surface area contributed by atoms with Crippen LogP contribution in [0.15, 0.2) is 33.5 Å². The molecule has 6 nitrogen and oxygen atoms in total.